The Hall–Kier alpha value is -1.04. The highest BCUT2D eigenvalue weighted by atomic mass is 16.7. The van der Waals surface area contributed by atoms with Crippen molar-refractivity contribution in [1.29, 1.82) is 0 Å². The van der Waals surface area contributed by atoms with Gasteiger partial charge in [0.05, 0.1) is 36.7 Å². The fourth-order valence-corrected chi connectivity index (χ4v) is 1.68. The van der Waals surface area contributed by atoms with Gasteiger partial charge in [0.25, 0.3) is 0 Å². The van der Waals surface area contributed by atoms with Crippen molar-refractivity contribution in [1.82, 2.24) is 0 Å². The molecule has 2 saturated heterocycles. The van der Waals surface area contributed by atoms with Crippen molar-refractivity contribution in [2.75, 3.05) is 13.1 Å². The van der Waals surface area contributed by atoms with Gasteiger partial charge < -0.3 is 18.8 Å². The predicted molar refractivity (Wildman–Crippen MR) is 77.4 cm³/mol. The van der Waals surface area contributed by atoms with E-state index < -0.39 is 67.4 Å². The zero-order valence-corrected chi connectivity index (χ0v) is 11.7. The summed E-state index contributed by atoms with van der Waals surface area (Å²) in [5.74, 6) is -0.758. The van der Waals surface area contributed by atoms with Crippen molar-refractivity contribution < 1.29 is 31.1 Å². The Morgan fingerprint density at radius 1 is 1.20 bits per heavy atom. The first-order valence-electron chi connectivity index (χ1n) is 10.7. The molecule has 0 aliphatic carbocycles. The van der Waals surface area contributed by atoms with E-state index in [4.69, 9.17) is 26.4 Å². The highest BCUT2D eigenvalue weighted by Crippen LogP contribution is 2.36. The lowest BCUT2D eigenvalue weighted by Crippen LogP contribution is -2.41. The first-order valence-corrected chi connectivity index (χ1v) is 6.23. The third-order valence-electron chi connectivity index (χ3n) is 3.60. The molecule has 1 aromatic rings. The second-order valence-electron chi connectivity index (χ2n) is 5.57. The maximum atomic E-state index is 8.27. The third-order valence-corrected chi connectivity index (χ3v) is 3.60. The molecule has 108 valence electrons. The minimum atomic E-state index is -2.92. The summed E-state index contributed by atoms with van der Waals surface area (Å²) < 4.78 is 92.3. The van der Waals surface area contributed by atoms with Crippen molar-refractivity contribution in [2.45, 2.75) is 45.0 Å². The Morgan fingerprint density at radius 3 is 2.25 bits per heavy atom. The molecule has 5 heteroatoms. The summed E-state index contributed by atoms with van der Waals surface area (Å²) in [6, 6.07) is -2.52. The van der Waals surface area contributed by atoms with Crippen molar-refractivity contribution in [3.8, 4) is 5.75 Å². The molecule has 0 amide bonds. The summed E-state index contributed by atoms with van der Waals surface area (Å²) in [6.45, 7) is 1.36. The summed E-state index contributed by atoms with van der Waals surface area (Å²) in [7, 11) is -1.18. The van der Waals surface area contributed by atoms with E-state index in [0.29, 0.717) is 0 Å². The SMILES string of the molecule is [2H]c1c([2H])c(B2OC(C)(C)C(C)(C)O2)c([2H])c([2H])c1OC1([2H])C([2H])([2H])OC1([2H])[2H]. The van der Waals surface area contributed by atoms with Gasteiger partial charge in [0.1, 0.15) is 11.8 Å². The molecule has 0 aromatic heterocycles. The van der Waals surface area contributed by atoms with Crippen LogP contribution in [0.15, 0.2) is 24.2 Å². The summed E-state index contributed by atoms with van der Waals surface area (Å²) in [5, 5.41) is 0. The molecular formula is C15H21BO4. The van der Waals surface area contributed by atoms with Crippen LogP contribution in [0.5, 0.6) is 5.75 Å². The average molecular weight is 285 g/mol. The van der Waals surface area contributed by atoms with E-state index in [1.165, 1.54) is 0 Å². The van der Waals surface area contributed by atoms with Gasteiger partial charge >= 0.3 is 7.12 Å². The average Bonchev–Trinajstić information content (AvgIpc) is 2.76. The van der Waals surface area contributed by atoms with Crippen LogP contribution in [0.1, 0.15) is 40.0 Å². The highest BCUT2D eigenvalue weighted by molar-refractivity contribution is 6.62. The van der Waals surface area contributed by atoms with Gasteiger partial charge in [-0.1, -0.05) is 12.1 Å². The second kappa shape index (κ2) is 4.76. The molecule has 2 aliphatic rings. The minimum absolute atomic E-state index is 0.166. The Kier molecular flexibility index (Phi) is 1.62. The van der Waals surface area contributed by atoms with Gasteiger partial charge in [-0.05, 0) is 45.2 Å². The van der Waals surface area contributed by atoms with Crippen molar-refractivity contribution in [3.63, 3.8) is 0 Å². The first kappa shape index (κ1) is 6.82. The Morgan fingerprint density at radius 2 is 1.75 bits per heavy atom. The van der Waals surface area contributed by atoms with Crippen LogP contribution in [0.3, 0.4) is 0 Å². The van der Waals surface area contributed by atoms with Gasteiger partial charge in [-0.25, -0.2) is 0 Å². The summed E-state index contributed by atoms with van der Waals surface area (Å²) >= 11 is 0. The molecule has 0 spiro atoms. The number of hydrogen-bond acceptors (Lipinski definition) is 4. The van der Waals surface area contributed by atoms with Crippen LogP contribution in [0.25, 0.3) is 0 Å². The molecule has 2 fully saturated rings. The lowest BCUT2D eigenvalue weighted by Gasteiger charge is -2.32. The summed E-state index contributed by atoms with van der Waals surface area (Å²) in [6.07, 6.45) is -2.92. The first-order chi connectivity index (χ1) is 12.9. The van der Waals surface area contributed by atoms with Crippen LogP contribution in [-0.2, 0) is 14.0 Å². The third kappa shape index (κ3) is 2.46. The van der Waals surface area contributed by atoms with Crippen molar-refractivity contribution >= 4 is 12.6 Å². The fourth-order valence-electron chi connectivity index (χ4n) is 1.68. The van der Waals surface area contributed by atoms with E-state index in [2.05, 4.69) is 4.74 Å². The lowest BCUT2D eigenvalue weighted by molar-refractivity contribution is -0.0796. The Labute approximate surface area is 133 Å². The van der Waals surface area contributed by atoms with Gasteiger partial charge in [0.2, 0.25) is 0 Å². The fraction of sp³-hybridized carbons (Fsp3) is 0.600. The van der Waals surface area contributed by atoms with E-state index in [1.54, 1.807) is 27.7 Å². The maximum absolute atomic E-state index is 8.27. The van der Waals surface area contributed by atoms with Crippen molar-refractivity contribution in [3.05, 3.63) is 24.2 Å². The molecule has 0 atom stereocenters. The molecule has 4 nitrogen and oxygen atoms in total. The number of hydrogen-bond donors (Lipinski definition) is 0. The van der Waals surface area contributed by atoms with E-state index in [-0.39, 0.29) is 5.46 Å². The molecule has 0 unspecified atom stereocenters. The molecular weight excluding hydrogens is 255 g/mol. The van der Waals surface area contributed by atoms with E-state index in [0.717, 1.165) is 0 Å². The quantitative estimate of drug-likeness (QED) is 0.793. The normalized spacial score (nSPS) is 37.6. The van der Waals surface area contributed by atoms with Gasteiger partial charge in [-0.3, -0.25) is 0 Å². The van der Waals surface area contributed by atoms with Crippen LogP contribution < -0.4 is 10.2 Å². The summed E-state index contributed by atoms with van der Waals surface area (Å²) in [5.41, 5.74) is -1.73. The zero-order valence-electron chi connectivity index (χ0n) is 20.7. The second-order valence-corrected chi connectivity index (χ2v) is 5.57. The number of rotatable bonds is 3. The maximum Gasteiger partial charge on any atom is 0.494 e. The molecule has 0 radical (unpaired) electrons. The van der Waals surface area contributed by atoms with Crippen LogP contribution in [0.4, 0.5) is 0 Å². The minimum Gasteiger partial charge on any atom is -0.486 e. The Balaban J connectivity index is 2.07. The molecule has 20 heavy (non-hydrogen) atoms. The molecule has 2 heterocycles. The predicted octanol–water partition coefficient (Wildman–Crippen LogP) is 1.76. The largest absolute Gasteiger partial charge is 0.494 e. The van der Waals surface area contributed by atoms with Crippen LogP contribution in [0, 0.1) is 0 Å². The van der Waals surface area contributed by atoms with Crippen LogP contribution >= 0.6 is 0 Å². The topological polar surface area (TPSA) is 36.9 Å². The monoisotopic (exact) mass is 285 g/mol. The van der Waals surface area contributed by atoms with E-state index >= 15 is 0 Å². The Bertz CT molecular complexity index is 815. The molecule has 0 saturated carbocycles. The van der Waals surface area contributed by atoms with Crippen LogP contribution in [0.2, 0.25) is 0 Å². The lowest BCUT2D eigenvalue weighted by atomic mass is 9.79. The molecule has 3 rings (SSSR count). The van der Waals surface area contributed by atoms with Crippen molar-refractivity contribution in [2.24, 2.45) is 0 Å². The summed E-state index contributed by atoms with van der Waals surface area (Å²) in [4.78, 5) is 0. The van der Waals surface area contributed by atoms with Crippen LogP contribution in [-0.4, -0.2) is 37.5 Å². The molecule has 2 aliphatic heterocycles. The molecule has 0 N–H and O–H groups in total. The smallest absolute Gasteiger partial charge is 0.486 e. The number of ether oxygens (including phenoxy) is 2. The standard InChI is InChI=1S/C15H21BO4/c1-14(2)15(3,4)20-16(19-14)11-5-7-12(8-6-11)18-13-9-17-10-13/h5-8,13H,9-10H2,1-4H3/i5D,6D,7D,8D,9D2,10D2,13D. The highest BCUT2D eigenvalue weighted by Gasteiger charge is 2.51. The van der Waals surface area contributed by atoms with Gasteiger partial charge in [0, 0.05) is 0 Å². The zero-order chi connectivity index (χ0) is 22.4. The van der Waals surface area contributed by atoms with Gasteiger partial charge in [-0.15, -0.1) is 0 Å². The number of benzene rings is 1. The van der Waals surface area contributed by atoms with Gasteiger partial charge in [0.15, 0.2) is 0 Å². The molecule has 0 bridgehead atoms. The van der Waals surface area contributed by atoms with E-state index in [9.17, 15) is 0 Å². The van der Waals surface area contributed by atoms with E-state index in [1.807, 2.05) is 0 Å². The molecule has 1 aromatic carbocycles. The van der Waals surface area contributed by atoms with Gasteiger partial charge in [-0.2, -0.15) is 0 Å².